The highest BCUT2D eigenvalue weighted by Crippen LogP contribution is 2.25. The number of rotatable bonds is 6. The number of aliphatic hydroxyl groups is 1. The Hall–Kier alpha value is -4.06. The SMILES string of the molecule is Cc1ccc2cc([C@@H](O)Cn3nnc(Cn4cc(C(N)=O)c(=O)n(C)c4=O)n3)oc2c1. The van der Waals surface area contributed by atoms with Gasteiger partial charge in [-0.2, -0.15) is 4.80 Å². The van der Waals surface area contributed by atoms with E-state index >= 15 is 0 Å². The van der Waals surface area contributed by atoms with Crippen LogP contribution in [0.1, 0.15) is 33.6 Å². The number of carbonyl (C=O) groups excluding carboxylic acids is 1. The Bertz CT molecular complexity index is 1410. The fourth-order valence-corrected chi connectivity index (χ4v) is 3.15. The summed E-state index contributed by atoms with van der Waals surface area (Å²) in [5.74, 6) is -0.446. The summed E-state index contributed by atoms with van der Waals surface area (Å²) in [6.45, 7) is 1.77. The molecule has 0 saturated heterocycles. The van der Waals surface area contributed by atoms with Gasteiger partial charge in [0.2, 0.25) is 0 Å². The molecule has 12 nitrogen and oxygen atoms in total. The lowest BCUT2D eigenvalue weighted by atomic mass is 10.2. The second-order valence-electron chi connectivity index (χ2n) is 7.15. The molecular formula is C19H19N7O5. The van der Waals surface area contributed by atoms with Gasteiger partial charge < -0.3 is 15.3 Å². The van der Waals surface area contributed by atoms with Crippen molar-refractivity contribution < 1.29 is 14.3 Å². The molecule has 12 heteroatoms. The summed E-state index contributed by atoms with van der Waals surface area (Å²) in [6, 6.07) is 7.47. The number of hydrogen-bond donors (Lipinski definition) is 2. The molecule has 160 valence electrons. The standard InChI is InChI=1S/C19H19N7O5/c1-10-3-4-11-6-15(31-14(11)5-10)13(27)8-26-22-16(21-23-26)9-25-7-12(17(20)28)18(29)24(2)19(25)30/h3-7,13,27H,8-9H2,1-2H3,(H2,20,28)/t13-/m0/s1. The average molecular weight is 425 g/mol. The highest BCUT2D eigenvalue weighted by atomic mass is 16.4. The smallest absolute Gasteiger partial charge is 0.331 e. The van der Waals surface area contributed by atoms with E-state index < -0.39 is 23.3 Å². The van der Waals surface area contributed by atoms with Crippen molar-refractivity contribution in [3.05, 3.63) is 74.0 Å². The van der Waals surface area contributed by atoms with Gasteiger partial charge in [0.1, 0.15) is 23.0 Å². The number of aliphatic hydroxyl groups excluding tert-OH is 1. The Morgan fingerprint density at radius 1 is 1.29 bits per heavy atom. The lowest BCUT2D eigenvalue weighted by Gasteiger charge is -2.07. The molecule has 3 N–H and O–H groups in total. The van der Waals surface area contributed by atoms with Crippen molar-refractivity contribution in [3.8, 4) is 0 Å². The molecule has 1 aromatic carbocycles. The molecule has 0 aliphatic heterocycles. The summed E-state index contributed by atoms with van der Waals surface area (Å²) in [5, 5.41) is 23.2. The van der Waals surface area contributed by atoms with Gasteiger partial charge in [0.05, 0.1) is 13.1 Å². The van der Waals surface area contributed by atoms with Crippen molar-refractivity contribution in [1.82, 2.24) is 29.3 Å². The maximum Gasteiger partial charge on any atom is 0.331 e. The second-order valence-corrected chi connectivity index (χ2v) is 7.15. The normalized spacial score (nSPS) is 12.4. The molecule has 0 aliphatic rings. The molecule has 0 unspecified atom stereocenters. The largest absolute Gasteiger partial charge is 0.458 e. The van der Waals surface area contributed by atoms with Gasteiger partial charge in [-0.3, -0.25) is 18.7 Å². The molecule has 3 heterocycles. The Balaban J connectivity index is 1.54. The highest BCUT2D eigenvalue weighted by Gasteiger charge is 2.18. The average Bonchev–Trinajstić information content (AvgIpc) is 3.34. The van der Waals surface area contributed by atoms with Gasteiger partial charge in [0.25, 0.3) is 11.5 Å². The Morgan fingerprint density at radius 2 is 2.06 bits per heavy atom. The third-order valence-corrected chi connectivity index (χ3v) is 4.78. The van der Waals surface area contributed by atoms with Crippen LogP contribution in [0.4, 0.5) is 0 Å². The topological polar surface area (TPSA) is 164 Å². The first-order valence-corrected chi connectivity index (χ1v) is 9.28. The first-order chi connectivity index (χ1) is 14.7. The second kappa shape index (κ2) is 7.65. The van der Waals surface area contributed by atoms with E-state index in [1.807, 2.05) is 25.1 Å². The first kappa shape index (κ1) is 20.2. The van der Waals surface area contributed by atoms with Crippen molar-refractivity contribution in [2.75, 3.05) is 0 Å². The molecule has 0 aliphatic carbocycles. The van der Waals surface area contributed by atoms with Gasteiger partial charge in [0.15, 0.2) is 5.82 Å². The van der Waals surface area contributed by atoms with Crippen LogP contribution >= 0.6 is 0 Å². The number of amides is 1. The van der Waals surface area contributed by atoms with E-state index in [0.717, 1.165) is 26.3 Å². The number of furan rings is 1. The predicted octanol–water partition coefficient (Wildman–Crippen LogP) is -0.531. The fourth-order valence-electron chi connectivity index (χ4n) is 3.15. The molecule has 0 spiro atoms. The third kappa shape index (κ3) is 3.88. The zero-order valence-electron chi connectivity index (χ0n) is 16.7. The molecule has 31 heavy (non-hydrogen) atoms. The molecule has 0 fully saturated rings. The van der Waals surface area contributed by atoms with Crippen LogP contribution in [0.3, 0.4) is 0 Å². The number of carbonyl (C=O) groups is 1. The summed E-state index contributed by atoms with van der Waals surface area (Å²) in [7, 11) is 1.24. The maximum absolute atomic E-state index is 12.3. The number of aryl methyl sites for hydroxylation is 1. The van der Waals surface area contributed by atoms with Crippen LogP contribution in [-0.4, -0.2) is 40.4 Å². The van der Waals surface area contributed by atoms with Crippen LogP contribution in [0.5, 0.6) is 0 Å². The summed E-state index contributed by atoms with van der Waals surface area (Å²) in [4.78, 5) is 36.8. The highest BCUT2D eigenvalue weighted by molar-refractivity contribution is 5.92. The molecular weight excluding hydrogens is 406 g/mol. The number of fused-ring (bicyclic) bond motifs is 1. The van der Waals surface area contributed by atoms with E-state index in [4.69, 9.17) is 10.2 Å². The van der Waals surface area contributed by atoms with E-state index in [9.17, 15) is 19.5 Å². The predicted molar refractivity (Wildman–Crippen MR) is 107 cm³/mol. The molecule has 0 radical (unpaired) electrons. The van der Waals surface area contributed by atoms with Gasteiger partial charge in [-0.05, 0) is 29.8 Å². The van der Waals surface area contributed by atoms with Crippen molar-refractivity contribution >= 4 is 16.9 Å². The lowest BCUT2D eigenvalue weighted by Crippen LogP contribution is -2.42. The minimum atomic E-state index is -1.02. The van der Waals surface area contributed by atoms with Crippen LogP contribution in [0.15, 0.2) is 44.5 Å². The van der Waals surface area contributed by atoms with Crippen LogP contribution < -0.4 is 17.0 Å². The van der Waals surface area contributed by atoms with E-state index in [2.05, 4.69) is 15.4 Å². The number of primary amides is 1. The van der Waals surface area contributed by atoms with Crippen molar-refractivity contribution in [2.24, 2.45) is 12.8 Å². The molecule has 1 amide bonds. The van der Waals surface area contributed by atoms with E-state index in [1.165, 1.54) is 11.8 Å². The lowest BCUT2D eigenvalue weighted by molar-refractivity contribution is 0.0997. The number of hydrogen-bond acceptors (Lipinski definition) is 8. The summed E-state index contributed by atoms with van der Waals surface area (Å²) in [6.07, 6.45) is 0.0513. The minimum absolute atomic E-state index is 0.0273. The zero-order chi connectivity index (χ0) is 22.3. The molecule has 0 saturated carbocycles. The number of aromatic nitrogens is 6. The van der Waals surface area contributed by atoms with Crippen LogP contribution in [0.25, 0.3) is 11.0 Å². The van der Waals surface area contributed by atoms with E-state index in [1.54, 1.807) is 6.07 Å². The Labute approximate surface area is 174 Å². The van der Waals surface area contributed by atoms with Crippen LogP contribution in [0, 0.1) is 6.92 Å². The van der Waals surface area contributed by atoms with Gasteiger partial charge in [-0.25, -0.2) is 4.79 Å². The Morgan fingerprint density at radius 3 is 2.81 bits per heavy atom. The monoisotopic (exact) mass is 425 g/mol. The third-order valence-electron chi connectivity index (χ3n) is 4.78. The van der Waals surface area contributed by atoms with Gasteiger partial charge >= 0.3 is 5.69 Å². The first-order valence-electron chi connectivity index (χ1n) is 9.28. The molecule has 3 aromatic heterocycles. The fraction of sp³-hybridized carbons (Fsp3) is 0.263. The van der Waals surface area contributed by atoms with Gasteiger partial charge in [0, 0.05) is 18.6 Å². The maximum atomic E-state index is 12.3. The number of nitrogens with zero attached hydrogens (tertiary/aromatic N) is 6. The molecule has 1 atom stereocenters. The molecule has 4 aromatic rings. The van der Waals surface area contributed by atoms with Gasteiger partial charge in [-0.1, -0.05) is 12.1 Å². The minimum Gasteiger partial charge on any atom is -0.458 e. The van der Waals surface area contributed by atoms with Crippen molar-refractivity contribution in [2.45, 2.75) is 26.1 Å². The van der Waals surface area contributed by atoms with Crippen molar-refractivity contribution in [1.29, 1.82) is 0 Å². The number of nitrogens with two attached hydrogens (primary N) is 1. The van der Waals surface area contributed by atoms with E-state index in [-0.39, 0.29) is 24.5 Å². The molecule has 4 rings (SSSR count). The Kier molecular flexibility index (Phi) is 4.99. The number of tetrazole rings is 1. The summed E-state index contributed by atoms with van der Waals surface area (Å²) in [5.41, 5.74) is 5.13. The molecule has 0 bridgehead atoms. The summed E-state index contributed by atoms with van der Waals surface area (Å²) >= 11 is 0. The van der Waals surface area contributed by atoms with E-state index in [0.29, 0.717) is 11.3 Å². The zero-order valence-corrected chi connectivity index (χ0v) is 16.7. The summed E-state index contributed by atoms with van der Waals surface area (Å²) < 4.78 is 7.56. The van der Waals surface area contributed by atoms with Crippen LogP contribution in [-0.2, 0) is 20.1 Å². The number of benzene rings is 1. The van der Waals surface area contributed by atoms with Gasteiger partial charge in [-0.15, -0.1) is 10.2 Å². The van der Waals surface area contributed by atoms with Crippen molar-refractivity contribution in [3.63, 3.8) is 0 Å². The quantitative estimate of drug-likeness (QED) is 0.416. The van der Waals surface area contributed by atoms with Crippen LogP contribution in [0.2, 0.25) is 0 Å².